The molecule has 1 atom stereocenters. The van der Waals surface area contributed by atoms with E-state index in [1.165, 1.54) is 4.90 Å². The number of rotatable bonds is 7. The highest BCUT2D eigenvalue weighted by molar-refractivity contribution is 9.10. The lowest BCUT2D eigenvalue weighted by Crippen LogP contribution is -2.31. The summed E-state index contributed by atoms with van der Waals surface area (Å²) in [6.07, 6.45) is 0. The van der Waals surface area contributed by atoms with Crippen molar-refractivity contribution in [2.24, 2.45) is 0 Å². The molecule has 0 aromatic heterocycles. The van der Waals surface area contributed by atoms with Crippen molar-refractivity contribution in [3.8, 4) is 0 Å². The van der Waals surface area contributed by atoms with Gasteiger partial charge in [0.1, 0.15) is 0 Å². The van der Waals surface area contributed by atoms with Crippen LogP contribution in [0.25, 0.3) is 0 Å². The minimum absolute atomic E-state index is 0.424. The number of hydrogen-bond acceptors (Lipinski definition) is 3. The van der Waals surface area contributed by atoms with E-state index in [9.17, 15) is 0 Å². The number of nitrogens with one attached hydrogen (secondary N) is 1. The maximum Gasteiger partial charge on any atom is 0.0613 e. The van der Waals surface area contributed by atoms with Gasteiger partial charge in [-0.25, -0.2) is 0 Å². The van der Waals surface area contributed by atoms with E-state index in [0.29, 0.717) is 6.04 Å². The quantitative estimate of drug-likeness (QED) is 0.617. The van der Waals surface area contributed by atoms with E-state index in [1.807, 2.05) is 17.8 Å². The Morgan fingerprint density at radius 3 is 3.00 bits per heavy atom. The molecule has 0 saturated heterocycles. The monoisotopic (exact) mass is 303 g/mol. The first-order valence-corrected chi connectivity index (χ1v) is 7.11. The highest BCUT2D eigenvalue weighted by Crippen LogP contribution is 2.21. The molecule has 0 aliphatic heterocycles. The van der Waals surface area contributed by atoms with Gasteiger partial charge in [-0.3, -0.25) is 0 Å². The fourth-order valence-corrected chi connectivity index (χ4v) is 2.73. The van der Waals surface area contributed by atoms with Crippen LogP contribution in [0.2, 0.25) is 0 Å². The molecule has 2 nitrogen and oxygen atoms in total. The maximum absolute atomic E-state index is 5.06. The normalized spacial score (nSPS) is 12.7. The van der Waals surface area contributed by atoms with Gasteiger partial charge in [0.25, 0.3) is 0 Å². The zero-order valence-electron chi connectivity index (χ0n) is 9.70. The van der Waals surface area contributed by atoms with Crippen LogP contribution in [-0.2, 0) is 4.74 Å². The molecule has 90 valence electrons. The molecular weight excluding hydrogens is 286 g/mol. The van der Waals surface area contributed by atoms with Gasteiger partial charge < -0.3 is 10.1 Å². The van der Waals surface area contributed by atoms with Gasteiger partial charge in [-0.15, -0.1) is 11.8 Å². The second-order valence-electron chi connectivity index (χ2n) is 3.62. The van der Waals surface area contributed by atoms with Crippen molar-refractivity contribution >= 4 is 27.7 Å². The molecule has 0 fully saturated rings. The van der Waals surface area contributed by atoms with Gasteiger partial charge in [0.15, 0.2) is 0 Å². The van der Waals surface area contributed by atoms with Crippen LogP contribution in [0.3, 0.4) is 0 Å². The number of halogens is 1. The SMILES string of the molecule is COCC(C)NCCSc1cccc(Br)c1. The highest BCUT2D eigenvalue weighted by Gasteiger charge is 1.99. The molecule has 1 N–H and O–H groups in total. The Balaban J connectivity index is 2.16. The summed E-state index contributed by atoms with van der Waals surface area (Å²) in [6, 6.07) is 8.81. The third-order valence-electron chi connectivity index (χ3n) is 2.08. The van der Waals surface area contributed by atoms with Gasteiger partial charge in [-0.05, 0) is 25.1 Å². The van der Waals surface area contributed by atoms with Crippen molar-refractivity contribution in [2.75, 3.05) is 26.0 Å². The summed E-state index contributed by atoms with van der Waals surface area (Å²) in [5, 5.41) is 3.41. The largest absolute Gasteiger partial charge is 0.383 e. The number of thioether (sulfide) groups is 1. The summed E-state index contributed by atoms with van der Waals surface area (Å²) in [5.41, 5.74) is 0. The number of hydrogen-bond donors (Lipinski definition) is 1. The molecular formula is C12H18BrNOS. The van der Waals surface area contributed by atoms with Crippen LogP contribution in [0.5, 0.6) is 0 Å². The first-order valence-electron chi connectivity index (χ1n) is 5.33. The molecule has 1 unspecified atom stereocenters. The lowest BCUT2D eigenvalue weighted by Gasteiger charge is -2.12. The summed E-state index contributed by atoms with van der Waals surface area (Å²) in [7, 11) is 1.73. The van der Waals surface area contributed by atoms with Gasteiger partial charge >= 0.3 is 0 Å². The van der Waals surface area contributed by atoms with Gasteiger partial charge in [0.2, 0.25) is 0 Å². The third kappa shape index (κ3) is 5.89. The maximum atomic E-state index is 5.06. The summed E-state index contributed by atoms with van der Waals surface area (Å²) < 4.78 is 6.20. The average Bonchev–Trinajstić information content (AvgIpc) is 2.25. The van der Waals surface area contributed by atoms with E-state index in [2.05, 4.69) is 46.4 Å². The zero-order chi connectivity index (χ0) is 11.8. The molecule has 0 spiro atoms. The Hall–Kier alpha value is -0.0300. The van der Waals surface area contributed by atoms with Crippen LogP contribution in [-0.4, -0.2) is 32.1 Å². The fourth-order valence-electron chi connectivity index (χ4n) is 1.34. The lowest BCUT2D eigenvalue weighted by molar-refractivity contribution is 0.173. The molecule has 0 aliphatic rings. The minimum atomic E-state index is 0.424. The van der Waals surface area contributed by atoms with Crippen molar-refractivity contribution in [1.82, 2.24) is 5.32 Å². The van der Waals surface area contributed by atoms with Gasteiger partial charge in [0.05, 0.1) is 6.61 Å². The molecule has 0 heterocycles. The van der Waals surface area contributed by atoms with Crippen LogP contribution >= 0.6 is 27.7 Å². The van der Waals surface area contributed by atoms with Crippen molar-refractivity contribution in [3.63, 3.8) is 0 Å². The highest BCUT2D eigenvalue weighted by atomic mass is 79.9. The first kappa shape index (κ1) is 14.0. The average molecular weight is 304 g/mol. The second kappa shape index (κ2) is 8.12. The summed E-state index contributed by atoms with van der Waals surface area (Å²) >= 11 is 5.33. The molecule has 1 aromatic rings. The van der Waals surface area contributed by atoms with Crippen LogP contribution < -0.4 is 5.32 Å². The second-order valence-corrected chi connectivity index (χ2v) is 5.70. The molecule has 0 saturated carbocycles. The van der Waals surface area contributed by atoms with Crippen molar-refractivity contribution in [2.45, 2.75) is 17.9 Å². The standard InChI is InChI=1S/C12H18BrNOS/c1-10(9-15-2)14-6-7-16-12-5-3-4-11(13)8-12/h3-5,8,10,14H,6-7,9H2,1-2H3. The molecule has 1 rings (SSSR count). The topological polar surface area (TPSA) is 21.3 Å². The Morgan fingerprint density at radius 1 is 1.50 bits per heavy atom. The first-order chi connectivity index (χ1) is 7.72. The molecule has 16 heavy (non-hydrogen) atoms. The van der Waals surface area contributed by atoms with Crippen LogP contribution in [0.15, 0.2) is 33.6 Å². The Labute approximate surface area is 110 Å². The molecule has 0 amide bonds. The summed E-state index contributed by atoms with van der Waals surface area (Å²) in [5.74, 6) is 1.07. The Bertz CT molecular complexity index is 309. The van der Waals surface area contributed by atoms with Gasteiger partial charge in [-0.1, -0.05) is 22.0 Å². The Kier molecular flexibility index (Phi) is 7.12. The van der Waals surface area contributed by atoms with Crippen LogP contribution in [0.4, 0.5) is 0 Å². The van der Waals surface area contributed by atoms with Crippen molar-refractivity contribution in [1.29, 1.82) is 0 Å². The molecule has 1 aromatic carbocycles. The van der Waals surface area contributed by atoms with E-state index in [1.54, 1.807) is 7.11 Å². The number of methoxy groups -OCH3 is 1. The minimum Gasteiger partial charge on any atom is -0.383 e. The van der Waals surface area contributed by atoms with Gasteiger partial charge in [-0.2, -0.15) is 0 Å². The smallest absolute Gasteiger partial charge is 0.0613 e. The number of ether oxygens (including phenoxy) is 1. The summed E-state index contributed by atoms with van der Waals surface area (Å²) in [4.78, 5) is 1.30. The van der Waals surface area contributed by atoms with Crippen molar-refractivity contribution < 1.29 is 4.74 Å². The van der Waals surface area contributed by atoms with Crippen molar-refractivity contribution in [3.05, 3.63) is 28.7 Å². The molecule has 0 bridgehead atoms. The predicted octanol–water partition coefficient (Wildman–Crippen LogP) is 3.17. The third-order valence-corrected chi connectivity index (χ3v) is 3.57. The fraction of sp³-hybridized carbons (Fsp3) is 0.500. The van der Waals surface area contributed by atoms with E-state index in [-0.39, 0.29) is 0 Å². The lowest BCUT2D eigenvalue weighted by atomic mass is 10.4. The molecule has 0 aliphatic carbocycles. The van der Waals surface area contributed by atoms with E-state index in [4.69, 9.17) is 4.74 Å². The molecule has 4 heteroatoms. The van der Waals surface area contributed by atoms with Crippen LogP contribution in [0, 0.1) is 0 Å². The molecule has 0 radical (unpaired) electrons. The van der Waals surface area contributed by atoms with Gasteiger partial charge in [0, 0.05) is 34.8 Å². The van der Waals surface area contributed by atoms with Crippen LogP contribution in [0.1, 0.15) is 6.92 Å². The Morgan fingerprint density at radius 2 is 2.31 bits per heavy atom. The summed E-state index contributed by atoms with van der Waals surface area (Å²) in [6.45, 7) is 3.90. The van der Waals surface area contributed by atoms with E-state index < -0.39 is 0 Å². The van der Waals surface area contributed by atoms with E-state index in [0.717, 1.165) is 23.4 Å². The van der Waals surface area contributed by atoms with E-state index >= 15 is 0 Å². The zero-order valence-corrected chi connectivity index (χ0v) is 12.1. The predicted molar refractivity (Wildman–Crippen MR) is 74.2 cm³/mol. The number of benzene rings is 1.